The van der Waals surface area contributed by atoms with Crippen molar-refractivity contribution in [3.05, 3.63) is 72.1 Å². The van der Waals surface area contributed by atoms with E-state index in [-0.39, 0.29) is 17.3 Å². The second-order valence-corrected chi connectivity index (χ2v) is 10.2. The van der Waals surface area contributed by atoms with Gasteiger partial charge >= 0.3 is 0 Å². The second-order valence-electron chi connectivity index (χ2n) is 10.2. The first kappa shape index (κ1) is 22.8. The summed E-state index contributed by atoms with van der Waals surface area (Å²) in [7, 11) is 0. The summed E-state index contributed by atoms with van der Waals surface area (Å²) in [6, 6.07) is 12.7. The van der Waals surface area contributed by atoms with Gasteiger partial charge in [0.2, 0.25) is 0 Å². The zero-order chi connectivity index (χ0) is 24.5. The Balaban J connectivity index is 1.29. The molecule has 6 rings (SSSR count). The van der Waals surface area contributed by atoms with Crippen molar-refractivity contribution in [1.29, 1.82) is 0 Å². The van der Waals surface area contributed by atoms with E-state index >= 15 is 0 Å². The van der Waals surface area contributed by atoms with Crippen LogP contribution in [0.25, 0.3) is 10.9 Å². The lowest BCUT2D eigenvalue weighted by Crippen LogP contribution is -2.33. The fourth-order valence-corrected chi connectivity index (χ4v) is 4.72. The van der Waals surface area contributed by atoms with Gasteiger partial charge in [0.1, 0.15) is 23.7 Å². The minimum Gasteiger partial charge on any atom is -0.381 e. The molecule has 4 aromatic rings. The molecule has 2 aromatic carbocycles. The maximum absolute atomic E-state index is 13.7. The monoisotopic (exact) mass is 487 g/mol. The normalized spacial score (nSPS) is 18.2. The van der Waals surface area contributed by atoms with Gasteiger partial charge in [-0.2, -0.15) is 0 Å². The van der Waals surface area contributed by atoms with Gasteiger partial charge in [0, 0.05) is 30.8 Å². The van der Waals surface area contributed by atoms with Crippen molar-refractivity contribution in [3.8, 4) is 0 Å². The molecule has 186 valence electrons. The van der Waals surface area contributed by atoms with E-state index in [1.807, 2.05) is 23.0 Å². The number of fused-ring (bicyclic) bond motifs is 1. The maximum atomic E-state index is 13.7. The third kappa shape index (κ3) is 4.88. The Morgan fingerprint density at radius 3 is 2.69 bits per heavy atom. The summed E-state index contributed by atoms with van der Waals surface area (Å²) >= 11 is 0. The van der Waals surface area contributed by atoms with E-state index in [9.17, 15) is 4.39 Å². The summed E-state index contributed by atoms with van der Waals surface area (Å²) in [5.74, 6) is 0.547. The SMILES string of the molecule is CC1(CNc2ncnc3ccc(NC(c4ccc(F)cc4)c4cn(C5CC5)nn4)cc23)CCOCC1. The Hall–Kier alpha value is -3.59. The van der Waals surface area contributed by atoms with Crippen LogP contribution in [-0.2, 0) is 4.74 Å². The topological polar surface area (TPSA) is 89.8 Å². The number of nitrogens with zero attached hydrogens (tertiary/aromatic N) is 5. The van der Waals surface area contributed by atoms with Gasteiger partial charge < -0.3 is 15.4 Å². The number of aromatic nitrogens is 5. The zero-order valence-electron chi connectivity index (χ0n) is 20.3. The van der Waals surface area contributed by atoms with E-state index in [1.165, 1.54) is 12.1 Å². The van der Waals surface area contributed by atoms with Gasteiger partial charge in [-0.3, -0.25) is 0 Å². The van der Waals surface area contributed by atoms with Gasteiger partial charge in [-0.15, -0.1) is 5.10 Å². The molecule has 2 aliphatic rings. The Morgan fingerprint density at radius 1 is 1.11 bits per heavy atom. The summed E-state index contributed by atoms with van der Waals surface area (Å²) < 4.78 is 21.1. The van der Waals surface area contributed by atoms with E-state index < -0.39 is 0 Å². The molecule has 8 nitrogen and oxygen atoms in total. The zero-order valence-corrected chi connectivity index (χ0v) is 20.3. The highest BCUT2D eigenvalue weighted by molar-refractivity contribution is 5.91. The molecule has 0 amide bonds. The first-order chi connectivity index (χ1) is 17.6. The average molecular weight is 488 g/mol. The number of hydrogen-bond acceptors (Lipinski definition) is 7. The molecule has 2 fully saturated rings. The average Bonchev–Trinajstić information content (AvgIpc) is 3.64. The van der Waals surface area contributed by atoms with E-state index in [4.69, 9.17) is 4.74 Å². The van der Waals surface area contributed by atoms with E-state index in [0.717, 1.165) is 79.1 Å². The Bertz CT molecular complexity index is 1350. The summed E-state index contributed by atoms with van der Waals surface area (Å²) in [5, 5.41) is 16.9. The molecule has 0 bridgehead atoms. The van der Waals surface area contributed by atoms with Gasteiger partial charge in [0.25, 0.3) is 0 Å². The quantitative estimate of drug-likeness (QED) is 0.356. The van der Waals surface area contributed by atoms with Crippen molar-refractivity contribution >= 4 is 22.4 Å². The standard InChI is InChI=1S/C27H30FN7O/c1-27(10-12-36-13-11-27)16-29-26-22-14-20(6-9-23(22)30-17-31-26)32-25(18-2-4-19(28)5-3-18)24-15-35(34-33-24)21-7-8-21/h2-6,9,14-15,17,21,25,32H,7-8,10-13,16H2,1H3,(H,29,30,31). The maximum Gasteiger partial charge on any atom is 0.137 e. The molecule has 9 heteroatoms. The predicted molar refractivity (Wildman–Crippen MR) is 136 cm³/mol. The van der Waals surface area contributed by atoms with E-state index in [2.05, 4.69) is 43.9 Å². The molecule has 1 unspecified atom stereocenters. The molecule has 1 saturated heterocycles. The van der Waals surface area contributed by atoms with Crippen LogP contribution in [-0.4, -0.2) is 44.7 Å². The first-order valence-corrected chi connectivity index (χ1v) is 12.6. The largest absolute Gasteiger partial charge is 0.381 e. The number of ether oxygens (including phenoxy) is 1. The molecule has 1 saturated carbocycles. The number of halogens is 1. The van der Waals surface area contributed by atoms with Crippen molar-refractivity contribution in [3.63, 3.8) is 0 Å². The molecule has 0 radical (unpaired) electrons. The van der Waals surface area contributed by atoms with Crippen molar-refractivity contribution in [2.75, 3.05) is 30.4 Å². The Morgan fingerprint density at radius 2 is 1.92 bits per heavy atom. The lowest BCUT2D eigenvalue weighted by atomic mass is 9.82. The fraction of sp³-hybridized carbons (Fsp3) is 0.407. The first-order valence-electron chi connectivity index (χ1n) is 12.6. The van der Waals surface area contributed by atoms with E-state index in [0.29, 0.717) is 6.04 Å². The summed E-state index contributed by atoms with van der Waals surface area (Å²) in [5.41, 5.74) is 3.64. The van der Waals surface area contributed by atoms with E-state index in [1.54, 1.807) is 18.5 Å². The fourth-order valence-electron chi connectivity index (χ4n) is 4.72. The van der Waals surface area contributed by atoms with Crippen LogP contribution in [0.3, 0.4) is 0 Å². The van der Waals surface area contributed by atoms with Gasteiger partial charge in [-0.25, -0.2) is 19.0 Å². The highest BCUT2D eigenvalue weighted by Gasteiger charge is 2.28. The van der Waals surface area contributed by atoms with Gasteiger partial charge in [-0.1, -0.05) is 24.3 Å². The van der Waals surface area contributed by atoms with Crippen LogP contribution in [0, 0.1) is 11.2 Å². The summed E-state index contributed by atoms with van der Waals surface area (Å²) in [6.45, 7) is 4.71. The second kappa shape index (κ2) is 9.46. The molecule has 36 heavy (non-hydrogen) atoms. The minimum atomic E-state index is -0.280. The number of anilines is 2. The minimum absolute atomic E-state index is 0.173. The molecule has 2 aromatic heterocycles. The van der Waals surface area contributed by atoms with Crippen LogP contribution >= 0.6 is 0 Å². The highest BCUT2D eigenvalue weighted by atomic mass is 19.1. The van der Waals surface area contributed by atoms with Crippen LogP contribution < -0.4 is 10.6 Å². The van der Waals surface area contributed by atoms with Gasteiger partial charge in [0.05, 0.1) is 23.8 Å². The number of rotatable bonds is 8. The molecule has 1 atom stereocenters. The Kier molecular flexibility index (Phi) is 6.00. The highest BCUT2D eigenvalue weighted by Crippen LogP contribution is 2.36. The summed E-state index contributed by atoms with van der Waals surface area (Å²) in [4.78, 5) is 9.01. The third-order valence-electron chi connectivity index (χ3n) is 7.28. The molecule has 1 aliphatic carbocycles. The van der Waals surface area contributed by atoms with Crippen LogP contribution in [0.15, 0.2) is 55.0 Å². The number of nitrogens with one attached hydrogen (secondary N) is 2. The molecule has 1 aliphatic heterocycles. The smallest absolute Gasteiger partial charge is 0.137 e. The van der Waals surface area contributed by atoms with Crippen molar-refractivity contribution in [2.45, 2.75) is 44.7 Å². The molecule has 0 spiro atoms. The third-order valence-corrected chi connectivity index (χ3v) is 7.28. The lowest BCUT2D eigenvalue weighted by molar-refractivity contribution is 0.0300. The molecular formula is C27H30FN7O. The van der Waals surface area contributed by atoms with Crippen LogP contribution in [0.2, 0.25) is 0 Å². The number of benzene rings is 2. The molecular weight excluding hydrogens is 457 g/mol. The molecule has 2 N–H and O–H groups in total. The molecule has 3 heterocycles. The van der Waals surface area contributed by atoms with Gasteiger partial charge in [0.15, 0.2) is 0 Å². The Labute approximate surface area is 209 Å². The summed E-state index contributed by atoms with van der Waals surface area (Å²) in [6.07, 6.45) is 7.90. The number of hydrogen-bond donors (Lipinski definition) is 2. The van der Waals surface area contributed by atoms with Crippen LogP contribution in [0.5, 0.6) is 0 Å². The van der Waals surface area contributed by atoms with Crippen molar-refractivity contribution in [1.82, 2.24) is 25.0 Å². The lowest BCUT2D eigenvalue weighted by Gasteiger charge is -2.33. The van der Waals surface area contributed by atoms with Gasteiger partial charge in [-0.05, 0) is 67.0 Å². The predicted octanol–water partition coefficient (Wildman–Crippen LogP) is 5.13. The van der Waals surface area contributed by atoms with Crippen molar-refractivity contribution in [2.24, 2.45) is 5.41 Å². The van der Waals surface area contributed by atoms with Crippen molar-refractivity contribution < 1.29 is 9.13 Å². The van der Waals surface area contributed by atoms with Crippen LogP contribution in [0.4, 0.5) is 15.9 Å². The van der Waals surface area contributed by atoms with Crippen LogP contribution in [0.1, 0.15) is 55.9 Å².